The molecule has 0 saturated carbocycles. The first-order valence-corrected chi connectivity index (χ1v) is 11.5. The van der Waals surface area contributed by atoms with Crippen LogP contribution in [-0.4, -0.2) is 63.2 Å². The standard InChI is InChI=1S/C20H29NO8S/c1-19(2)25-12-14(26-19)15(29-30(5,23)24)16-17(28-20(3,4)27-16)18(22)21-11-13-9-7-6-8-10-13/h6-10,14-17H,11-12H2,1-5H3,(H,21,22)/t14-,15+,16-,17-/m1/s1. The zero-order valence-corrected chi connectivity index (χ0v) is 18.6. The lowest BCUT2D eigenvalue weighted by molar-refractivity contribution is -0.174. The van der Waals surface area contributed by atoms with E-state index >= 15 is 0 Å². The van der Waals surface area contributed by atoms with E-state index in [1.54, 1.807) is 27.7 Å². The van der Waals surface area contributed by atoms with Gasteiger partial charge in [-0.1, -0.05) is 30.3 Å². The summed E-state index contributed by atoms with van der Waals surface area (Å²) in [6.45, 7) is 7.11. The zero-order valence-electron chi connectivity index (χ0n) is 17.8. The van der Waals surface area contributed by atoms with Crippen LogP contribution >= 0.6 is 0 Å². The highest BCUT2D eigenvalue weighted by molar-refractivity contribution is 7.86. The van der Waals surface area contributed by atoms with Gasteiger partial charge in [0.2, 0.25) is 0 Å². The van der Waals surface area contributed by atoms with Gasteiger partial charge in [-0.15, -0.1) is 0 Å². The molecule has 0 radical (unpaired) electrons. The number of carbonyl (C=O) groups is 1. The molecule has 0 aliphatic carbocycles. The van der Waals surface area contributed by atoms with Crippen LogP contribution in [0.1, 0.15) is 33.3 Å². The first-order chi connectivity index (χ1) is 13.9. The molecule has 2 aliphatic heterocycles. The van der Waals surface area contributed by atoms with Gasteiger partial charge in [-0.3, -0.25) is 8.98 Å². The lowest BCUT2D eigenvalue weighted by Crippen LogP contribution is -2.51. The summed E-state index contributed by atoms with van der Waals surface area (Å²) in [5.41, 5.74) is 0.916. The Morgan fingerprint density at radius 3 is 2.37 bits per heavy atom. The molecule has 2 aliphatic rings. The highest BCUT2D eigenvalue weighted by atomic mass is 32.2. The molecule has 30 heavy (non-hydrogen) atoms. The molecule has 0 spiro atoms. The minimum absolute atomic E-state index is 0.0891. The second-order valence-electron chi connectivity index (χ2n) is 8.36. The van der Waals surface area contributed by atoms with Crippen molar-refractivity contribution in [1.29, 1.82) is 0 Å². The fraction of sp³-hybridized carbons (Fsp3) is 0.650. The van der Waals surface area contributed by atoms with Crippen LogP contribution in [0, 0.1) is 0 Å². The molecule has 1 aromatic rings. The summed E-state index contributed by atoms with van der Waals surface area (Å²) in [6.07, 6.45) is -3.07. The Bertz CT molecular complexity index is 855. The van der Waals surface area contributed by atoms with E-state index in [-0.39, 0.29) is 6.61 Å². The Balaban J connectivity index is 1.81. The van der Waals surface area contributed by atoms with Crippen LogP contribution in [0.25, 0.3) is 0 Å². The minimum Gasteiger partial charge on any atom is -0.350 e. The lowest BCUT2D eigenvalue weighted by Gasteiger charge is -2.29. The van der Waals surface area contributed by atoms with Gasteiger partial charge in [0.05, 0.1) is 12.9 Å². The van der Waals surface area contributed by atoms with Gasteiger partial charge in [0.15, 0.2) is 17.7 Å². The number of ether oxygens (including phenoxy) is 4. The average Bonchev–Trinajstić information content (AvgIpc) is 3.16. The molecule has 0 bridgehead atoms. The molecule has 2 fully saturated rings. The van der Waals surface area contributed by atoms with Crippen molar-refractivity contribution in [3.63, 3.8) is 0 Å². The molecule has 9 nitrogen and oxygen atoms in total. The Labute approximate surface area is 177 Å². The van der Waals surface area contributed by atoms with Crippen molar-refractivity contribution >= 4 is 16.0 Å². The second kappa shape index (κ2) is 8.52. The molecular weight excluding hydrogens is 414 g/mol. The number of hydrogen-bond acceptors (Lipinski definition) is 8. The number of benzene rings is 1. The highest BCUT2D eigenvalue weighted by Gasteiger charge is 2.54. The molecule has 0 unspecified atom stereocenters. The van der Waals surface area contributed by atoms with Crippen LogP contribution in [-0.2, 0) is 44.6 Å². The third-order valence-corrected chi connectivity index (χ3v) is 5.28. The first-order valence-electron chi connectivity index (χ1n) is 9.73. The summed E-state index contributed by atoms with van der Waals surface area (Å²) in [4.78, 5) is 12.9. The lowest BCUT2D eigenvalue weighted by atomic mass is 10.0. The fourth-order valence-corrected chi connectivity index (χ4v) is 4.16. The Kier molecular flexibility index (Phi) is 6.57. The van der Waals surface area contributed by atoms with E-state index < -0.39 is 52.0 Å². The van der Waals surface area contributed by atoms with Crippen molar-refractivity contribution in [3.05, 3.63) is 35.9 Å². The molecule has 1 N–H and O–H groups in total. The third-order valence-electron chi connectivity index (χ3n) is 4.70. The summed E-state index contributed by atoms with van der Waals surface area (Å²) in [7, 11) is -3.88. The van der Waals surface area contributed by atoms with E-state index in [0.717, 1.165) is 11.8 Å². The van der Waals surface area contributed by atoms with Crippen LogP contribution in [0.15, 0.2) is 30.3 Å². The molecule has 2 saturated heterocycles. The van der Waals surface area contributed by atoms with Crippen molar-refractivity contribution in [2.45, 2.75) is 70.2 Å². The van der Waals surface area contributed by atoms with Crippen LogP contribution in [0.5, 0.6) is 0 Å². The van der Waals surface area contributed by atoms with Crippen LogP contribution in [0.3, 0.4) is 0 Å². The highest BCUT2D eigenvalue weighted by Crippen LogP contribution is 2.36. The monoisotopic (exact) mass is 443 g/mol. The molecule has 2 heterocycles. The van der Waals surface area contributed by atoms with E-state index in [4.69, 9.17) is 23.1 Å². The average molecular weight is 444 g/mol. The summed E-state index contributed by atoms with van der Waals surface area (Å²) >= 11 is 0. The summed E-state index contributed by atoms with van der Waals surface area (Å²) in [6, 6.07) is 9.40. The van der Waals surface area contributed by atoms with Gasteiger partial charge in [-0.2, -0.15) is 8.42 Å². The third kappa shape index (κ3) is 5.99. The molecular formula is C20H29NO8S. The van der Waals surface area contributed by atoms with E-state index in [9.17, 15) is 13.2 Å². The zero-order chi connectivity index (χ0) is 22.2. The number of amides is 1. The quantitative estimate of drug-likeness (QED) is 0.629. The minimum atomic E-state index is -3.88. The van der Waals surface area contributed by atoms with Crippen LogP contribution < -0.4 is 5.32 Å². The number of carbonyl (C=O) groups excluding carboxylic acids is 1. The predicted octanol–water partition coefficient (Wildman–Crippen LogP) is 1.32. The Morgan fingerprint density at radius 1 is 1.13 bits per heavy atom. The largest absolute Gasteiger partial charge is 0.350 e. The maximum atomic E-state index is 12.9. The van der Waals surface area contributed by atoms with E-state index in [2.05, 4.69) is 5.32 Å². The molecule has 1 aromatic carbocycles. The van der Waals surface area contributed by atoms with Gasteiger partial charge in [0.1, 0.15) is 18.3 Å². The van der Waals surface area contributed by atoms with Gasteiger partial charge in [-0.25, -0.2) is 0 Å². The fourth-order valence-electron chi connectivity index (χ4n) is 3.53. The molecule has 4 atom stereocenters. The Hall–Kier alpha value is -1.56. The van der Waals surface area contributed by atoms with E-state index in [0.29, 0.717) is 6.54 Å². The van der Waals surface area contributed by atoms with Crippen LogP contribution in [0.4, 0.5) is 0 Å². The SMILES string of the molecule is CC1(C)OC[C@H]([C@H](OS(C)(=O)=O)[C@H]2OC(C)(C)O[C@H]2C(=O)NCc2ccccc2)O1. The maximum Gasteiger partial charge on any atom is 0.264 e. The van der Waals surface area contributed by atoms with Gasteiger partial charge >= 0.3 is 0 Å². The van der Waals surface area contributed by atoms with Gasteiger partial charge < -0.3 is 24.3 Å². The van der Waals surface area contributed by atoms with Crippen molar-refractivity contribution < 1.29 is 36.3 Å². The number of hydrogen-bond donors (Lipinski definition) is 1. The van der Waals surface area contributed by atoms with Crippen molar-refractivity contribution in [2.24, 2.45) is 0 Å². The summed E-state index contributed by atoms with van der Waals surface area (Å²) < 4.78 is 52.3. The normalized spacial score (nSPS) is 28.9. The second-order valence-corrected chi connectivity index (χ2v) is 9.96. The first kappa shape index (κ1) is 23.1. The molecule has 10 heteroatoms. The number of rotatable bonds is 7. The molecule has 0 aromatic heterocycles. The number of nitrogens with one attached hydrogen (secondary N) is 1. The van der Waals surface area contributed by atoms with E-state index in [1.165, 1.54) is 0 Å². The summed E-state index contributed by atoms with van der Waals surface area (Å²) in [5, 5.41) is 2.81. The van der Waals surface area contributed by atoms with Crippen molar-refractivity contribution in [1.82, 2.24) is 5.32 Å². The molecule has 168 valence electrons. The van der Waals surface area contributed by atoms with Gasteiger partial charge in [0, 0.05) is 6.54 Å². The predicted molar refractivity (Wildman–Crippen MR) is 107 cm³/mol. The molecule has 1 amide bonds. The van der Waals surface area contributed by atoms with E-state index in [1.807, 2.05) is 30.3 Å². The topological polar surface area (TPSA) is 109 Å². The maximum absolute atomic E-state index is 12.9. The van der Waals surface area contributed by atoms with Crippen LogP contribution in [0.2, 0.25) is 0 Å². The van der Waals surface area contributed by atoms with Crippen molar-refractivity contribution in [3.8, 4) is 0 Å². The van der Waals surface area contributed by atoms with Gasteiger partial charge in [-0.05, 0) is 33.3 Å². The van der Waals surface area contributed by atoms with Gasteiger partial charge in [0.25, 0.3) is 16.0 Å². The summed E-state index contributed by atoms with van der Waals surface area (Å²) in [5.74, 6) is -2.47. The Morgan fingerprint density at radius 2 is 1.80 bits per heavy atom. The molecule has 3 rings (SSSR count). The smallest absolute Gasteiger partial charge is 0.264 e. The van der Waals surface area contributed by atoms with Crippen molar-refractivity contribution in [2.75, 3.05) is 12.9 Å².